The van der Waals surface area contributed by atoms with Gasteiger partial charge < -0.3 is 14.1 Å². The van der Waals surface area contributed by atoms with Crippen molar-refractivity contribution in [2.45, 2.75) is 26.8 Å². The van der Waals surface area contributed by atoms with Crippen molar-refractivity contribution in [3.63, 3.8) is 0 Å². The lowest BCUT2D eigenvalue weighted by Gasteiger charge is -2.25. The predicted molar refractivity (Wildman–Crippen MR) is 155 cm³/mol. The van der Waals surface area contributed by atoms with Crippen LogP contribution in [0.2, 0.25) is 0 Å². The number of hydrogen-bond donors (Lipinski definition) is 1. The number of carbonyl (C=O) groups excluding carboxylic acids is 1. The van der Waals surface area contributed by atoms with E-state index >= 15 is 0 Å². The molecule has 0 aliphatic carbocycles. The molecule has 1 unspecified atom stereocenters. The first-order valence-electron chi connectivity index (χ1n) is 12.9. The van der Waals surface area contributed by atoms with E-state index in [2.05, 4.69) is 4.99 Å². The molecule has 4 aromatic rings. The number of anilines is 1. The Morgan fingerprint density at radius 3 is 2.56 bits per heavy atom. The molecular formula is C30H29N4O6S+. The van der Waals surface area contributed by atoms with Gasteiger partial charge in [-0.1, -0.05) is 29.5 Å². The number of ether oxygens (including phenoxy) is 1. The van der Waals surface area contributed by atoms with Crippen molar-refractivity contribution in [3.05, 3.63) is 107 Å². The van der Waals surface area contributed by atoms with Crippen LogP contribution >= 0.6 is 11.3 Å². The van der Waals surface area contributed by atoms with Gasteiger partial charge in [-0.15, -0.1) is 0 Å². The van der Waals surface area contributed by atoms with E-state index in [1.54, 1.807) is 50.3 Å². The van der Waals surface area contributed by atoms with Crippen LogP contribution in [-0.2, 0) is 9.53 Å². The van der Waals surface area contributed by atoms with Gasteiger partial charge in [0.25, 0.3) is 10.5 Å². The third-order valence-electron chi connectivity index (χ3n) is 6.77. The molecule has 41 heavy (non-hydrogen) atoms. The van der Waals surface area contributed by atoms with Gasteiger partial charge in [0.1, 0.15) is 11.5 Å². The number of esters is 1. The Morgan fingerprint density at radius 2 is 1.90 bits per heavy atom. The number of aromatic nitrogens is 1. The van der Waals surface area contributed by atoms with Crippen LogP contribution in [0, 0.1) is 11.8 Å². The second kappa shape index (κ2) is 11.0. The van der Waals surface area contributed by atoms with E-state index in [0.717, 1.165) is 16.8 Å². The zero-order valence-electron chi connectivity index (χ0n) is 23.2. The maximum absolute atomic E-state index is 13.8. The summed E-state index contributed by atoms with van der Waals surface area (Å²) in [5, 5.41) is 9.57. The Kier molecular flexibility index (Phi) is 7.46. The highest BCUT2D eigenvalue weighted by Gasteiger charge is 2.33. The van der Waals surface area contributed by atoms with Gasteiger partial charge in [-0.3, -0.25) is 9.36 Å². The minimum Gasteiger partial charge on any atom is -0.463 e. The quantitative estimate of drug-likeness (QED) is 0.260. The molecular weight excluding hydrogens is 544 g/mol. The minimum absolute atomic E-state index is 0.0486. The lowest BCUT2D eigenvalue weighted by molar-refractivity contribution is -0.729. The lowest BCUT2D eigenvalue weighted by Crippen LogP contribution is -2.39. The molecule has 1 aliphatic rings. The number of allylic oxidation sites excluding steroid dienone is 1. The van der Waals surface area contributed by atoms with E-state index in [-0.39, 0.29) is 22.8 Å². The van der Waals surface area contributed by atoms with Gasteiger partial charge in [-0.25, -0.2) is 15.0 Å². The highest BCUT2D eigenvalue weighted by atomic mass is 32.1. The zero-order valence-corrected chi connectivity index (χ0v) is 24.1. The molecule has 2 aromatic heterocycles. The van der Waals surface area contributed by atoms with E-state index in [9.17, 15) is 19.7 Å². The van der Waals surface area contributed by atoms with Gasteiger partial charge in [0.2, 0.25) is 0 Å². The highest BCUT2D eigenvalue weighted by molar-refractivity contribution is 7.07. The molecule has 0 saturated carbocycles. The number of aryl methyl sites for hydroxylation is 1. The fraction of sp³-hybridized carbons (Fsp3) is 0.233. The minimum atomic E-state index is -0.724. The molecule has 10 nitrogen and oxygen atoms in total. The van der Waals surface area contributed by atoms with Crippen LogP contribution in [0.15, 0.2) is 80.1 Å². The number of carbonyl (C=O) groups is 1. The average Bonchev–Trinajstić information content (AvgIpc) is 3.52. The number of nitrogens with zero attached hydrogens (tertiary/aromatic N) is 4. The zero-order chi connectivity index (χ0) is 29.4. The molecule has 0 radical (unpaired) electrons. The van der Waals surface area contributed by atoms with Crippen LogP contribution in [0.5, 0.6) is 0 Å². The Bertz CT molecular complexity index is 1880. The maximum Gasteiger partial charge on any atom is 0.338 e. The van der Waals surface area contributed by atoms with Crippen molar-refractivity contribution in [3.8, 4) is 11.3 Å². The molecule has 11 heteroatoms. The third kappa shape index (κ3) is 5.23. The van der Waals surface area contributed by atoms with Crippen LogP contribution in [0.25, 0.3) is 17.4 Å². The number of fused-ring (bicyclic) bond motifs is 1. The summed E-state index contributed by atoms with van der Waals surface area (Å²) >= 11 is 1.18. The van der Waals surface area contributed by atoms with Crippen molar-refractivity contribution >= 4 is 34.8 Å². The van der Waals surface area contributed by atoms with E-state index < -0.39 is 12.0 Å². The second-order valence-electron chi connectivity index (χ2n) is 9.78. The van der Waals surface area contributed by atoms with Crippen molar-refractivity contribution < 1.29 is 24.1 Å². The molecule has 210 valence electrons. The Balaban J connectivity index is 1.63. The fourth-order valence-electron chi connectivity index (χ4n) is 4.77. The number of benzene rings is 2. The van der Waals surface area contributed by atoms with E-state index in [1.807, 2.05) is 50.2 Å². The molecule has 1 N–H and O–H groups in total. The molecule has 0 spiro atoms. The van der Waals surface area contributed by atoms with Gasteiger partial charge in [-0.05, 0) is 62.2 Å². The maximum atomic E-state index is 13.8. The van der Waals surface area contributed by atoms with Gasteiger partial charge in [0.15, 0.2) is 4.80 Å². The summed E-state index contributed by atoms with van der Waals surface area (Å²) in [6, 6.07) is 15.3. The first-order valence-corrected chi connectivity index (χ1v) is 13.7. The molecule has 0 bridgehead atoms. The molecule has 1 aliphatic heterocycles. The Labute approximate surface area is 239 Å². The molecule has 0 fully saturated rings. The molecule has 1 atom stereocenters. The summed E-state index contributed by atoms with van der Waals surface area (Å²) in [7, 11) is 3.87. The van der Waals surface area contributed by atoms with E-state index in [0.29, 0.717) is 37.7 Å². The average molecular weight is 574 g/mol. The summed E-state index contributed by atoms with van der Waals surface area (Å²) in [4.78, 5) is 45.5. The smallest absolute Gasteiger partial charge is 0.338 e. The lowest BCUT2D eigenvalue weighted by atomic mass is 9.95. The highest BCUT2D eigenvalue weighted by Crippen LogP contribution is 2.33. The van der Waals surface area contributed by atoms with Crippen LogP contribution in [0.1, 0.15) is 36.8 Å². The topological polar surface area (TPSA) is 117 Å². The molecule has 0 saturated heterocycles. The van der Waals surface area contributed by atoms with Gasteiger partial charge >= 0.3 is 11.7 Å². The predicted octanol–water partition coefficient (Wildman–Crippen LogP) is 4.23. The largest absolute Gasteiger partial charge is 0.463 e. The molecule has 0 amide bonds. The number of thiazole rings is 1. The van der Waals surface area contributed by atoms with Crippen LogP contribution in [0.4, 0.5) is 11.4 Å². The van der Waals surface area contributed by atoms with Crippen molar-refractivity contribution in [2.75, 3.05) is 25.6 Å². The molecule has 2 aromatic carbocycles. The number of furan rings is 1. The standard InChI is InChI=1S/C30H29N4O6S/c1-6-39-29(36)26-18(3)31-30-33(27(26)19-8-10-20(11-9-19)32(4)5)28(35)25(41-30)16-21-12-14-24(40-21)22-13-7-17(2)15-23(22)34(37)38/h7-16,27H,6H2,1-5H3,(H,37,38)/q+1/b25-16-. The summed E-state index contributed by atoms with van der Waals surface area (Å²) < 4.78 is 13.2. The van der Waals surface area contributed by atoms with Crippen molar-refractivity contribution in [2.24, 2.45) is 4.99 Å². The van der Waals surface area contributed by atoms with Gasteiger partial charge in [0, 0.05) is 31.9 Å². The van der Waals surface area contributed by atoms with Gasteiger partial charge in [-0.2, -0.15) is 0 Å². The monoisotopic (exact) mass is 573 g/mol. The van der Waals surface area contributed by atoms with Crippen LogP contribution in [-0.4, -0.2) is 41.4 Å². The first-order chi connectivity index (χ1) is 19.6. The number of rotatable bonds is 7. The van der Waals surface area contributed by atoms with Crippen molar-refractivity contribution in [1.82, 2.24) is 4.57 Å². The first kappa shape index (κ1) is 27.8. The molecule has 5 rings (SSSR count). The molecule has 3 heterocycles. The fourth-order valence-corrected chi connectivity index (χ4v) is 5.80. The third-order valence-corrected chi connectivity index (χ3v) is 7.75. The normalized spacial score (nSPS) is 15.0. The Morgan fingerprint density at radius 1 is 1.17 bits per heavy atom. The van der Waals surface area contributed by atoms with Crippen molar-refractivity contribution in [1.29, 1.82) is 0 Å². The summed E-state index contributed by atoms with van der Waals surface area (Å²) in [6.07, 6.45) is 1.60. The SMILES string of the molecule is CCOC(=O)C1=C(C)N=c2s/c(=C\c3ccc(-c4ccc(C)cc4[N+](=O)O)o3)c(=O)n2C1c1ccc(N(C)C)cc1. The van der Waals surface area contributed by atoms with Crippen LogP contribution < -0.4 is 19.8 Å². The van der Waals surface area contributed by atoms with Gasteiger partial charge in [0.05, 0.1) is 38.9 Å². The summed E-state index contributed by atoms with van der Waals surface area (Å²) in [6.45, 7) is 5.47. The Hall–Kier alpha value is -4.77. The summed E-state index contributed by atoms with van der Waals surface area (Å²) in [5.74, 6) is 0.208. The van der Waals surface area contributed by atoms with E-state index in [1.165, 1.54) is 15.9 Å². The second-order valence-corrected chi connectivity index (χ2v) is 10.8. The summed E-state index contributed by atoms with van der Waals surface area (Å²) in [5.41, 5.74) is 3.44. The van der Waals surface area contributed by atoms with Crippen LogP contribution in [0.3, 0.4) is 0 Å². The number of hydrogen-bond acceptors (Lipinski definition) is 8. The van der Waals surface area contributed by atoms with E-state index in [4.69, 9.17) is 9.15 Å².